The molecule has 3 N–H and O–H groups in total. The molecule has 2 rings (SSSR count). The fourth-order valence-electron chi connectivity index (χ4n) is 1.96. The minimum Gasteiger partial charge on any atom is -0.329 e. The Kier molecular flexibility index (Phi) is 3.76. The lowest BCUT2D eigenvalue weighted by atomic mass is 9.68. The minimum atomic E-state index is -0.355. The second-order valence-electron chi connectivity index (χ2n) is 4.42. The van der Waals surface area contributed by atoms with Crippen molar-refractivity contribution in [3.63, 3.8) is 0 Å². The molecule has 0 spiro atoms. The van der Waals surface area contributed by atoms with Crippen LogP contribution in [0.5, 0.6) is 0 Å². The van der Waals surface area contributed by atoms with Gasteiger partial charge in [0.2, 0.25) is 5.91 Å². The lowest BCUT2D eigenvalue weighted by Crippen LogP contribution is -2.47. The molecule has 1 aliphatic carbocycles. The maximum absolute atomic E-state index is 12.1. The van der Waals surface area contributed by atoms with Gasteiger partial charge < -0.3 is 11.1 Å². The molecule has 1 saturated carbocycles. The Morgan fingerprint density at radius 2 is 2.24 bits per heavy atom. The molecule has 1 aliphatic rings. The molecule has 0 radical (unpaired) electrons. The molecule has 1 aromatic rings. The normalized spacial score (nSPS) is 17.4. The van der Waals surface area contributed by atoms with Crippen LogP contribution < -0.4 is 11.1 Å². The number of hydrogen-bond acceptors (Lipinski definition) is 2. The van der Waals surface area contributed by atoms with Crippen molar-refractivity contribution in [1.29, 1.82) is 0 Å². The highest BCUT2D eigenvalue weighted by Crippen LogP contribution is 2.41. The predicted molar refractivity (Wildman–Crippen MR) is 73.1 cm³/mol. The molecule has 0 aromatic heterocycles. The molecule has 0 atom stereocenters. The number of nitrogens with two attached hydrogens (primary N) is 1. The number of benzene rings is 1. The summed E-state index contributed by atoms with van der Waals surface area (Å²) in [6.45, 7) is 0.410. The fraction of sp³-hybridized carbons (Fsp3) is 0.417. The van der Waals surface area contributed by atoms with Crippen molar-refractivity contribution in [3.8, 4) is 0 Å². The van der Waals surface area contributed by atoms with E-state index >= 15 is 0 Å². The van der Waals surface area contributed by atoms with E-state index in [1.54, 1.807) is 18.2 Å². The molecule has 0 heterocycles. The van der Waals surface area contributed by atoms with Crippen LogP contribution in [-0.2, 0) is 4.79 Å². The van der Waals surface area contributed by atoms with Crippen LogP contribution in [0, 0.1) is 5.41 Å². The average molecular weight is 318 g/mol. The lowest BCUT2D eigenvalue weighted by Gasteiger charge is -2.39. The van der Waals surface area contributed by atoms with Gasteiger partial charge in [-0.3, -0.25) is 4.79 Å². The summed E-state index contributed by atoms with van der Waals surface area (Å²) in [5.41, 5.74) is 6.07. The SMILES string of the molecule is NCC1(C(=O)Nc2ccc(Cl)c(Br)c2)CCC1. The van der Waals surface area contributed by atoms with Crippen molar-refractivity contribution in [2.45, 2.75) is 19.3 Å². The molecule has 1 fully saturated rings. The molecule has 0 saturated heterocycles. The Hall–Kier alpha value is -0.580. The minimum absolute atomic E-state index is 0.0143. The summed E-state index contributed by atoms with van der Waals surface area (Å²) in [5.74, 6) is 0.0143. The molecular formula is C12H14BrClN2O. The Labute approximate surface area is 114 Å². The first-order valence-electron chi connectivity index (χ1n) is 5.54. The summed E-state index contributed by atoms with van der Waals surface area (Å²) >= 11 is 9.22. The number of nitrogens with one attached hydrogen (secondary N) is 1. The Morgan fingerprint density at radius 3 is 2.71 bits per heavy atom. The van der Waals surface area contributed by atoms with Gasteiger partial charge in [0.15, 0.2) is 0 Å². The first-order chi connectivity index (χ1) is 8.07. The van der Waals surface area contributed by atoms with E-state index in [1.807, 2.05) is 0 Å². The van der Waals surface area contributed by atoms with E-state index in [-0.39, 0.29) is 11.3 Å². The summed E-state index contributed by atoms with van der Waals surface area (Å²) in [5, 5.41) is 3.52. The van der Waals surface area contributed by atoms with Gasteiger partial charge in [-0.05, 0) is 47.0 Å². The van der Waals surface area contributed by atoms with Crippen molar-refractivity contribution in [2.24, 2.45) is 11.1 Å². The monoisotopic (exact) mass is 316 g/mol. The topological polar surface area (TPSA) is 55.1 Å². The highest BCUT2D eigenvalue weighted by molar-refractivity contribution is 9.10. The molecule has 17 heavy (non-hydrogen) atoms. The van der Waals surface area contributed by atoms with Crippen LogP contribution in [-0.4, -0.2) is 12.5 Å². The van der Waals surface area contributed by atoms with Gasteiger partial charge in [-0.1, -0.05) is 18.0 Å². The third kappa shape index (κ3) is 2.49. The van der Waals surface area contributed by atoms with Crippen molar-refractivity contribution >= 4 is 39.1 Å². The zero-order valence-corrected chi connectivity index (χ0v) is 11.6. The van der Waals surface area contributed by atoms with E-state index in [2.05, 4.69) is 21.2 Å². The highest BCUT2D eigenvalue weighted by Gasteiger charge is 2.42. The quantitative estimate of drug-likeness (QED) is 0.899. The fourth-order valence-corrected chi connectivity index (χ4v) is 2.46. The Morgan fingerprint density at radius 1 is 1.53 bits per heavy atom. The van der Waals surface area contributed by atoms with Gasteiger partial charge in [0, 0.05) is 16.7 Å². The van der Waals surface area contributed by atoms with Crippen molar-refractivity contribution < 1.29 is 4.79 Å². The molecule has 1 aromatic carbocycles. The summed E-state index contributed by atoms with van der Waals surface area (Å²) in [6, 6.07) is 5.33. The van der Waals surface area contributed by atoms with Gasteiger partial charge in [-0.25, -0.2) is 0 Å². The smallest absolute Gasteiger partial charge is 0.231 e. The molecule has 5 heteroatoms. The third-order valence-corrected chi connectivity index (χ3v) is 4.57. The van der Waals surface area contributed by atoms with E-state index in [1.165, 1.54) is 0 Å². The van der Waals surface area contributed by atoms with Gasteiger partial charge in [-0.2, -0.15) is 0 Å². The molecule has 1 amide bonds. The predicted octanol–water partition coefficient (Wildman–Crippen LogP) is 3.17. The molecule has 0 unspecified atom stereocenters. The summed E-state index contributed by atoms with van der Waals surface area (Å²) in [7, 11) is 0. The van der Waals surface area contributed by atoms with Gasteiger partial charge in [-0.15, -0.1) is 0 Å². The molecule has 92 valence electrons. The number of anilines is 1. The number of rotatable bonds is 3. The average Bonchev–Trinajstić information content (AvgIpc) is 2.23. The number of carbonyl (C=O) groups excluding carboxylic acids is 1. The first-order valence-corrected chi connectivity index (χ1v) is 6.71. The summed E-state index contributed by atoms with van der Waals surface area (Å²) in [4.78, 5) is 12.1. The largest absolute Gasteiger partial charge is 0.329 e. The number of hydrogen-bond donors (Lipinski definition) is 2. The maximum Gasteiger partial charge on any atom is 0.231 e. The van der Waals surface area contributed by atoms with Gasteiger partial charge in [0.1, 0.15) is 0 Å². The Balaban J connectivity index is 2.10. The lowest BCUT2D eigenvalue weighted by molar-refractivity contribution is -0.129. The summed E-state index contributed by atoms with van der Waals surface area (Å²) < 4.78 is 0.771. The van der Waals surface area contributed by atoms with E-state index in [0.29, 0.717) is 11.6 Å². The number of halogens is 2. The van der Waals surface area contributed by atoms with Crippen molar-refractivity contribution in [3.05, 3.63) is 27.7 Å². The van der Waals surface area contributed by atoms with Crippen LogP contribution in [0.1, 0.15) is 19.3 Å². The number of amides is 1. The maximum atomic E-state index is 12.1. The first kappa shape index (κ1) is 12.9. The van der Waals surface area contributed by atoms with Crippen LogP contribution in [0.15, 0.2) is 22.7 Å². The zero-order chi connectivity index (χ0) is 12.5. The van der Waals surface area contributed by atoms with Crippen molar-refractivity contribution in [2.75, 3.05) is 11.9 Å². The Bertz CT molecular complexity index is 441. The second kappa shape index (κ2) is 4.96. The van der Waals surface area contributed by atoms with E-state index < -0.39 is 0 Å². The standard InChI is InChI=1S/C12H14BrClN2O/c13-9-6-8(2-3-10(9)14)16-11(17)12(7-15)4-1-5-12/h2-3,6H,1,4-5,7,15H2,(H,16,17). The van der Waals surface area contributed by atoms with Crippen LogP contribution >= 0.6 is 27.5 Å². The second-order valence-corrected chi connectivity index (χ2v) is 5.68. The van der Waals surface area contributed by atoms with E-state index in [0.717, 1.165) is 29.4 Å². The van der Waals surface area contributed by atoms with Gasteiger partial charge in [0.05, 0.1) is 10.4 Å². The van der Waals surface area contributed by atoms with Crippen LogP contribution in [0.25, 0.3) is 0 Å². The van der Waals surface area contributed by atoms with Crippen LogP contribution in [0.3, 0.4) is 0 Å². The molecule has 0 bridgehead atoms. The molecule has 0 aliphatic heterocycles. The zero-order valence-electron chi connectivity index (χ0n) is 9.30. The number of carbonyl (C=O) groups is 1. The molecular weight excluding hydrogens is 304 g/mol. The van der Waals surface area contributed by atoms with Gasteiger partial charge >= 0.3 is 0 Å². The van der Waals surface area contributed by atoms with E-state index in [9.17, 15) is 4.79 Å². The van der Waals surface area contributed by atoms with Crippen molar-refractivity contribution in [1.82, 2.24) is 0 Å². The van der Waals surface area contributed by atoms with E-state index in [4.69, 9.17) is 17.3 Å². The van der Waals surface area contributed by atoms with Crippen LogP contribution in [0.2, 0.25) is 5.02 Å². The summed E-state index contributed by atoms with van der Waals surface area (Å²) in [6.07, 6.45) is 2.84. The van der Waals surface area contributed by atoms with Gasteiger partial charge in [0.25, 0.3) is 0 Å². The van der Waals surface area contributed by atoms with Crippen LogP contribution in [0.4, 0.5) is 5.69 Å². The third-order valence-electron chi connectivity index (χ3n) is 3.36. The highest BCUT2D eigenvalue weighted by atomic mass is 79.9. The molecule has 3 nitrogen and oxygen atoms in total.